The molecule has 1 aliphatic heterocycles. The average molecular weight is 271 g/mol. The zero-order chi connectivity index (χ0) is 13.0. The lowest BCUT2D eigenvalue weighted by Crippen LogP contribution is -2.42. The van der Waals surface area contributed by atoms with Gasteiger partial charge in [-0.1, -0.05) is 19.8 Å². The van der Waals surface area contributed by atoms with Gasteiger partial charge in [0.15, 0.2) is 0 Å². The summed E-state index contributed by atoms with van der Waals surface area (Å²) < 4.78 is 5.71. The third-order valence-corrected chi connectivity index (χ3v) is 6.46. The molecule has 1 saturated carbocycles. The van der Waals surface area contributed by atoms with E-state index in [2.05, 4.69) is 38.0 Å². The first-order chi connectivity index (χ1) is 8.74. The molecule has 2 fully saturated rings. The Kier molecular flexibility index (Phi) is 5.84. The number of rotatable bonds is 5. The van der Waals surface area contributed by atoms with Crippen LogP contribution in [0.4, 0.5) is 0 Å². The lowest BCUT2D eigenvalue weighted by atomic mass is 9.83. The van der Waals surface area contributed by atoms with Crippen LogP contribution in [0.3, 0.4) is 0 Å². The first-order valence-electron chi connectivity index (χ1n) is 7.69. The highest BCUT2D eigenvalue weighted by Crippen LogP contribution is 2.39. The van der Waals surface area contributed by atoms with Crippen LogP contribution in [-0.2, 0) is 4.74 Å². The van der Waals surface area contributed by atoms with Crippen molar-refractivity contribution in [1.82, 2.24) is 5.32 Å². The van der Waals surface area contributed by atoms with Crippen molar-refractivity contribution >= 4 is 11.8 Å². The van der Waals surface area contributed by atoms with E-state index >= 15 is 0 Å². The molecule has 0 aromatic carbocycles. The highest BCUT2D eigenvalue weighted by molar-refractivity contribution is 8.00. The zero-order valence-corrected chi connectivity index (χ0v) is 13.0. The zero-order valence-electron chi connectivity index (χ0n) is 12.2. The van der Waals surface area contributed by atoms with Crippen molar-refractivity contribution in [2.75, 3.05) is 13.7 Å². The van der Waals surface area contributed by atoms with Crippen LogP contribution in [0, 0.1) is 5.92 Å². The Labute approximate surface area is 117 Å². The van der Waals surface area contributed by atoms with E-state index in [4.69, 9.17) is 4.74 Å². The van der Waals surface area contributed by atoms with Crippen LogP contribution in [-0.4, -0.2) is 36.3 Å². The maximum Gasteiger partial charge on any atom is 0.0666 e. The summed E-state index contributed by atoms with van der Waals surface area (Å²) in [4.78, 5) is 0. The minimum absolute atomic E-state index is 0.457. The number of ether oxygens (including phenoxy) is 1. The summed E-state index contributed by atoms with van der Waals surface area (Å²) in [5, 5.41) is 5.07. The van der Waals surface area contributed by atoms with Crippen LogP contribution in [0.25, 0.3) is 0 Å². The Balaban J connectivity index is 1.89. The summed E-state index contributed by atoms with van der Waals surface area (Å²) in [6.45, 7) is 5.53. The van der Waals surface area contributed by atoms with Crippen LogP contribution < -0.4 is 5.32 Å². The van der Waals surface area contributed by atoms with E-state index < -0.39 is 0 Å². The molecule has 0 radical (unpaired) electrons. The lowest BCUT2D eigenvalue weighted by molar-refractivity contribution is 0.127. The van der Waals surface area contributed by atoms with Gasteiger partial charge >= 0.3 is 0 Å². The van der Waals surface area contributed by atoms with Crippen LogP contribution >= 0.6 is 11.8 Å². The third-order valence-electron chi connectivity index (χ3n) is 4.62. The molecule has 2 nitrogen and oxygen atoms in total. The summed E-state index contributed by atoms with van der Waals surface area (Å²) in [5.74, 6) is 0.967. The Hall–Kier alpha value is 0.270. The van der Waals surface area contributed by atoms with Gasteiger partial charge in [-0.15, -0.1) is 0 Å². The van der Waals surface area contributed by atoms with Crippen molar-refractivity contribution in [2.24, 2.45) is 5.92 Å². The van der Waals surface area contributed by atoms with Gasteiger partial charge in [-0.25, -0.2) is 0 Å². The van der Waals surface area contributed by atoms with Gasteiger partial charge in [-0.05, 0) is 45.6 Å². The van der Waals surface area contributed by atoms with E-state index in [9.17, 15) is 0 Å². The van der Waals surface area contributed by atoms with Gasteiger partial charge in [0, 0.05) is 23.1 Å². The van der Waals surface area contributed by atoms with E-state index in [1.165, 1.54) is 38.5 Å². The molecule has 2 rings (SSSR count). The van der Waals surface area contributed by atoms with E-state index in [1.54, 1.807) is 0 Å². The molecule has 0 bridgehead atoms. The Morgan fingerprint density at radius 3 is 2.67 bits per heavy atom. The maximum absolute atomic E-state index is 5.71. The Morgan fingerprint density at radius 1 is 1.22 bits per heavy atom. The average Bonchev–Trinajstić information content (AvgIpc) is 2.76. The second kappa shape index (κ2) is 7.16. The maximum atomic E-state index is 5.71. The van der Waals surface area contributed by atoms with Crippen molar-refractivity contribution in [3.63, 3.8) is 0 Å². The van der Waals surface area contributed by atoms with Crippen LogP contribution in [0.1, 0.15) is 52.4 Å². The number of hydrogen-bond acceptors (Lipinski definition) is 3. The molecule has 0 amide bonds. The fourth-order valence-corrected chi connectivity index (χ4v) is 5.30. The van der Waals surface area contributed by atoms with Crippen LogP contribution in [0.5, 0.6) is 0 Å². The normalized spacial score (nSPS) is 41.2. The van der Waals surface area contributed by atoms with Gasteiger partial charge in [0.2, 0.25) is 0 Å². The molecule has 5 atom stereocenters. The standard InChI is InChI=1S/C15H29NOS/c1-4-5-12-6-7-13(16-3)15(10-12)18-14-8-9-17-11(14)2/h11-16H,4-10H2,1-3H3. The fraction of sp³-hybridized carbons (Fsp3) is 1.00. The summed E-state index contributed by atoms with van der Waals surface area (Å²) >= 11 is 2.21. The smallest absolute Gasteiger partial charge is 0.0666 e. The third kappa shape index (κ3) is 3.64. The van der Waals surface area contributed by atoms with Gasteiger partial charge in [-0.2, -0.15) is 11.8 Å². The number of nitrogens with one attached hydrogen (secondary N) is 1. The molecule has 1 saturated heterocycles. The highest BCUT2D eigenvalue weighted by Gasteiger charge is 2.34. The van der Waals surface area contributed by atoms with Gasteiger partial charge in [0.1, 0.15) is 0 Å². The summed E-state index contributed by atoms with van der Waals surface area (Å²) in [7, 11) is 2.13. The summed E-state index contributed by atoms with van der Waals surface area (Å²) in [5.41, 5.74) is 0. The topological polar surface area (TPSA) is 21.3 Å². The van der Waals surface area contributed by atoms with Crippen molar-refractivity contribution in [3.05, 3.63) is 0 Å². The van der Waals surface area contributed by atoms with Gasteiger partial charge in [0.05, 0.1) is 6.10 Å². The van der Waals surface area contributed by atoms with Crippen molar-refractivity contribution in [1.29, 1.82) is 0 Å². The molecule has 2 aliphatic rings. The van der Waals surface area contributed by atoms with E-state index in [-0.39, 0.29) is 0 Å². The van der Waals surface area contributed by atoms with Gasteiger partial charge < -0.3 is 10.1 Å². The van der Waals surface area contributed by atoms with Crippen LogP contribution in [0.2, 0.25) is 0 Å². The molecule has 0 aromatic rings. The summed E-state index contributed by atoms with van der Waals surface area (Å²) in [6, 6.07) is 0.718. The van der Waals surface area contributed by atoms with E-state index in [1.807, 2.05) is 0 Å². The first-order valence-corrected chi connectivity index (χ1v) is 8.63. The molecule has 1 aliphatic carbocycles. The second-order valence-electron chi connectivity index (χ2n) is 5.94. The summed E-state index contributed by atoms with van der Waals surface area (Å²) in [6.07, 6.45) is 8.66. The molecule has 106 valence electrons. The molecule has 1 heterocycles. The predicted molar refractivity (Wildman–Crippen MR) is 80.3 cm³/mol. The Morgan fingerprint density at radius 2 is 2.06 bits per heavy atom. The Bertz CT molecular complexity index is 249. The quantitative estimate of drug-likeness (QED) is 0.827. The van der Waals surface area contributed by atoms with Crippen molar-refractivity contribution in [2.45, 2.75) is 75.0 Å². The van der Waals surface area contributed by atoms with E-state index in [0.29, 0.717) is 6.10 Å². The molecule has 5 unspecified atom stereocenters. The minimum Gasteiger partial charge on any atom is -0.377 e. The fourth-order valence-electron chi connectivity index (χ4n) is 3.48. The second-order valence-corrected chi connectivity index (χ2v) is 7.42. The lowest BCUT2D eigenvalue weighted by Gasteiger charge is -2.37. The highest BCUT2D eigenvalue weighted by atomic mass is 32.2. The van der Waals surface area contributed by atoms with Crippen molar-refractivity contribution in [3.8, 4) is 0 Å². The monoisotopic (exact) mass is 271 g/mol. The molecule has 0 spiro atoms. The molecular weight excluding hydrogens is 242 g/mol. The largest absolute Gasteiger partial charge is 0.377 e. The molecule has 3 heteroatoms. The minimum atomic E-state index is 0.457. The SMILES string of the molecule is CCCC1CCC(NC)C(SC2CCOC2C)C1. The van der Waals surface area contributed by atoms with Crippen LogP contribution in [0.15, 0.2) is 0 Å². The predicted octanol–water partition coefficient (Wildman–Crippen LogP) is 3.45. The van der Waals surface area contributed by atoms with Crippen molar-refractivity contribution < 1.29 is 4.74 Å². The first kappa shape index (κ1) is 14.7. The molecular formula is C15H29NOS. The van der Waals surface area contributed by atoms with Gasteiger partial charge in [0.25, 0.3) is 0 Å². The molecule has 1 N–H and O–H groups in total. The number of thioether (sulfide) groups is 1. The number of hydrogen-bond donors (Lipinski definition) is 1. The van der Waals surface area contributed by atoms with Gasteiger partial charge in [-0.3, -0.25) is 0 Å². The molecule has 18 heavy (non-hydrogen) atoms. The van der Waals surface area contributed by atoms with E-state index in [0.717, 1.165) is 29.1 Å². The molecule has 0 aromatic heterocycles.